The number of rotatable bonds is 5. The van der Waals surface area contributed by atoms with Crippen molar-refractivity contribution in [2.75, 3.05) is 6.54 Å². The maximum absolute atomic E-state index is 11.7. The smallest absolute Gasteiger partial charge is 0.254 e. The number of furan rings is 1. The first-order chi connectivity index (χ1) is 9.84. The molecule has 0 aliphatic heterocycles. The van der Waals surface area contributed by atoms with E-state index in [-0.39, 0.29) is 5.91 Å². The Bertz CT molecular complexity index is 698. The molecule has 0 saturated heterocycles. The molecule has 0 unspecified atom stereocenters. The molecule has 0 fully saturated rings. The van der Waals surface area contributed by atoms with Gasteiger partial charge < -0.3 is 14.3 Å². The van der Waals surface area contributed by atoms with Gasteiger partial charge in [-0.1, -0.05) is 18.2 Å². The first-order valence-corrected chi connectivity index (χ1v) is 6.69. The molecule has 0 spiro atoms. The van der Waals surface area contributed by atoms with Crippen LogP contribution in [0.3, 0.4) is 0 Å². The Balaban J connectivity index is 1.52. The summed E-state index contributed by atoms with van der Waals surface area (Å²) in [5, 5.41) is 4.13. The van der Waals surface area contributed by atoms with Crippen molar-refractivity contribution in [2.45, 2.75) is 13.0 Å². The van der Waals surface area contributed by atoms with E-state index in [4.69, 9.17) is 4.42 Å². The standard InChI is InChI=1S/C16H16N2O2/c19-16(14-7-11-20-12-14)17-8-3-9-18-10-6-13-4-1-2-5-15(13)18/h1-2,4-7,10-12H,3,8-9H2,(H,17,19). The summed E-state index contributed by atoms with van der Waals surface area (Å²) in [7, 11) is 0. The summed E-state index contributed by atoms with van der Waals surface area (Å²) in [6.45, 7) is 1.54. The van der Waals surface area contributed by atoms with E-state index < -0.39 is 0 Å². The van der Waals surface area contributed by atoms with Crippen molar-refractivity contribution in [1.82, 2.24) is 9.88 Å². The lowest BCUT2D eigenvalue weighted by molar-refractivity contribution is 0.0952. The van der Waals surface area contributed by atoms with Crippen LogP contribution in [0.4, 0.5) is 0 Å². The van der Waals surface area contributed by atoms with Crippen molar-refractivity contribution in [3.8, 4) is 0 Å². The fourth-order valence-electron chi connectivity index (χ4n) is 2.28. The number of carbonyl (C=O) groups excluding carboxylic acids is 1. The molecule has 20 heavy (non-hydrogen) atoms. The second kappa shape index (κ2) is 5.65. The highest BCUT2D eigenvalue weighted by Crippen LogP contribution is 2.15. The first kappa shape index (κ1) is 12.5. The van der Waals surface area contributed by atoms with Gasteiger partial charge in [-0.25, -0.2) is 0 Å². The van der Waals surface area contributed by atoms with E-state index in [0.29, 0.717) is 12.1 Å². The highest BCUT2D eigenvalue weighted by atomic mass is 16.3. The average molecular weight is 268 g/mol. The van der Waals surface area contributed by atoms with Crippen LogP contribution in [-0.2, 0) is 6.54 Å². The topological polar surface area (TPSA) is 47.2 Å². The molecule has 0 saturated carbocycles. The minimum atomic E-state index is -0.0869. The Morgan fingerprint density at radius 2 is 2.10 bits per heavy atom. The Kier molecular flexibility index (Phi) is 3.54. The average Bonchev–Trinajstić information content (AvgIpc) is 3.13. The highest BCUT2D eigenvalue weighted by Gasteiger charge is 2.05. The monoisotopic (exact) mass is 268 g/mol. The van der Waals surface area contributed by atoms with Crippen LogP contribution in [0.2, 0.25) is 0 Å². The summed E-state index contributed by atoms with van der Waals surface area (Å²) in [4.78, 5) is 11.7. The number of carbonyl (C=O) groups is 1. The van der Waals surface area contributed by atoms with Gasteiger partial charge >= 0.3 is 0 Å². The van der Waals surface area contributed by atoms with Gasteiger partial charge in [0.25, 0.3) is 5.91 Å². The van der Waals surface area contributed by atoms with Gasteiger partial charge in [0.05, 0.1) is 11.8 Å². The zero-order chi connectivity index (χ0) is 13.8. The molecule has 0 aliphatic carbocycles. The summed E-state index contributed by atoms with van der Waals surface area (Å²) in [5.41, 5.74) is 1.80. The molecule has 1 N–H and O–H groups in total. The van der Waals surface area contributed by atoms with Crippen molar-refractivity contribution in [3.05, 3.63) is 60.7 Å². The maximum atomic E-state index is 11.7. The molecule has 2 heterocycles. The Morgan fingerprint density at radius 1 is 1.20 bits per heavy atom. The van der Waals surface area contributed by atoms with Crippen LogP contribution in [0.15, 0.2) is 59.5 Å². The van der Waals surface area contributed by atoms with Gasteiger partial charge in [-0.3, -0.25) is 4.79 Å². The van der Waals surface area contributed by atoms with Crippen molar-refractivity contribution in [2.24, 2.45) is 0 Å². The quantitative estimate of drug-likeness (QED) is 0.723. The molecule has 3 aromatic rings. The molecule has 0 bridgehead atoms. The van der Waals surface area contributed by atoms with Gasteiger partial charge in [0.1, 0.15) is 6.26 Å². The van der Waals surface area contributed by atoms with Gasteiger partial charge in [-0.2, -0.15) is 0 Å². The van der Waals surface area contributed by atoms with Crippen molar-refractivity contribution in [1.29, 1.82) is 0 Å². The van der Waals surface area contributed by atoms with Gasteiger partial charge in [-0.15, -0.1) is 0 Å². The van der Waals surface area contributed by atoms with Crippen LogP contribution in [0.1, 0.15) is 16.8 Å². The normalized spacial score (nSPS) is 10.8. The van der Waals surface area contributed by atoms with E-state index in [0.717, 1.165) is 13.0 Å². The highest BCUT2D eigenvalue weighted by molar-refractivity contribution is 5.93. The molecule has 2 aromatic heterocycles. The van der Waals surface area contributed by atoms with E-state index in [1.54, 1.807) is 6.07 Å². The summed E-state index contributed by atoms with van der Waals surface area (Å²) >= 11 is 0. The number of amides is 1. The van der Waals surface area contributed by atoms with Crippen molar-refractivity contribution >= 4 is 16.8 Å². The largest absolute Gasteiger partial charge is 0.472 e. The molecule has 3 rings (SSSR count). The first-order valence-electron chi connectivity index (χ1n) is 6.69. The molecular formula is C16H16N2O2. The van der Waals surface area contributed by atoms with E-state index >= 15 is 0 Å². The van der Waals surface area contributed by atoms with Crippen LogP contribution in [0.25, 0.3) is 10.9 Å². The molecule has 4 heteroatoms. The van der Waals surface area contributed by atoms with Crippen LogP contribution >= 0.6 is 0 Å². The maximum Gasteiger partial charge on any atom is 0.254 e. The molecule has 102 valence electrons. The molecule has 1 aromatic carbocycles. The lowest BCUT2D eigenvalue weighted by atomic mass is 10.2. The number of aromatic nitrogens is 1. The number of nitrogens with zero attached hydrogens (tertiary/aromatic N) is 1. The second-order valence-electron chi connectivity index (χ2n) is 4.69. The molecule has 0 radical (unpaired) electrons. The third-order valence-corrected chi connectivity index (χ3v) is 3.32. The Morgan fingerprint density at radius 3 is 2.95 bits per heavy atom. The van der Waals surface area contributed by atoms with Crippen molar-refractivity contribution < 1.29 is 9.21 Å². The van der Waals surface area contributed by atoms with Gasteiger partial charge in [0.15, 0.2) is 0 Å². The minimum Gasteiger partial charge on any atom is -0.472 e. The van der Waals surface area contributed by atoms with Gasteiger partial charge in [0, 0.05) is 24.8 Å². The number of fused-ring (bicyclic) bond motifs is 1. The third kappa shape index (κ3) is 2.59. The Hall–Kier alpha value is -2.49. The zero-order valence-electron chi connectivity index (χ0n) is 11.1. The SMILES string of the molecule is O=C(NCCCn1ccc2ccccc21)c1ccoc1. The van der Waals surface area contributed by atoms with Crippen LogP contribution in [0.5, 0.6) is 0 Å². The zero-order valence-corrected chi connectivity index (χ0v) is 11.1. The lowest BCUT2D eigenvalue weighted by Crippen LogP contribution is -2.24. The van der Waals surface area contributed by atoms with E-state index in [1.807, 2.05) is 12.1 Å². The summed E-state index contributed by atoms with van der Waals surface area (Å²) in [6, 6.07) is 12.1. The fourth-order valence-corrected chi connectivity index (χ4v) is 2.28. The van der Waals surface area contributed by atoms with Crippen LogP contribution in [0, 0.1) is 0 Å². The summed E-state index contributed by atoms with van der Waals surface area (Å²) in [5.74, 6) is -0.0869. The number of benzene rings is 1. The predicted molar refractivity (Wildman–Crippen MR) is 77.6 cm³/mol. The van der Waals surface area contributed by atoms with E-state index in [1.165, 1.54) is 23.4 Å². The fraction of sp³-hybridized carbons (Fsp3) is 0.188. The molecule has 1 amide bonds. The number of nitrogens with one attached hydrogen (secondary N) is 1. The van der Waals surface area contributed by atoms with Gasteiger partial charge in [0.2, 0.25) is 0 Å². The van der Waals surface area contributed by atoms with E-state index in [9.17, 15) is 4.79 Å². The van der Waals surface area contributed by atoms with Crippen molar-refractivity contribution in [3.63, 3.8) is 0 Å². The molecule has 0 aliphatic rings. The molecule has 0 atom stereocenters. The molecule has 4 nitrogen and oxygen atoms in total. The number of aryl methyl sites for hydroxylation is 1. The minimum absolute atomic E-state index is 0.0869. The Labute approximate surface area is 117 Å². The number of hydrogen-bond acceptors (Lipinski definition) is 2. The number of para-hydroxylation sites is 1. The second-order valence-corrected chi connectivity index (χ2v) is 4.69. The summed E-state index contributed by atoms with van der Waals surface area (Å²) in [6.07, 6.45) is 5.93. The van der Waals surface area contributed by atoms with Crippen LogP contribution in [-0.4, -0.2) is 17.0 Å². The van der Waals surface area contributed by atoms with E-state index in [2.05, 4.69) is 34.3 Å². The predicted octanol–water partition coefficient (Wildman–Crippen LogP) is 3.05. The molecular weight excluding hydrogens is 252 g/mol. The third-order valence-electron chi connectivity index (χ3n) is 3.32. The summed E-state index contributed by atoms with van der Waals surface area (Å²) < 4.78 is 7.09. The van der Waals surface area contributed by atoms with Crippen LogP contribution < -0.4 is 5.32 Å². The number of hydrogen-bond donors (Lipinski definition) is 1. The van der Waals surface area contributed by atoms with Gasteiger partial charge in [-0.05, 0) is 30.0 Å². The lowest BCUT2D eigenvalue weighted by Gasteiger charge is -2.06.